The lowest BCUT2D eigenvalue weighted by atomic mass is 10.2. The molecule has 2 saturated heterocycles. The van der Waals surface area contributed by atoms with Gasteiger partial charge in [-0.25, -0.2) is 14.0 Å². The Labute approximate surface area is 181 Å². The molecule has 2 fully saturated rings. The van der Waals surface area contributed by atoms with Crippen LogP contribution in [0.5, 0.6) is 0 Å². The molecule has 0 spiro atoms. The number of halogens is 1. The van der Waals surface area contributed by atoms with E-state index in [-0.39, 0.29) is 25.1 Å². The summed E-state index contributed by atoms with van der Waals surface area (Å²) in [6, 6.07) is 4.60. The number of hydrogen-bond acceptors (Lipinski definition) is 6. The number of piperazine rings is 1. The molecule has 2 aliphatic heterocycles. The van der Waals surface area contributed by atoms with E-state index in [4.69, 9.17) is 9.47 Å². The average Bonchev–Trinajstić information content (AvgIpc) is 3.06. The number of rotatable bonds is 4. The van der Waals surface area contributed by atoms with Crippen molar-refractivity contribution in [1.29, 1.82) is 0 Å². The summed E-state index contributed by atoms with van der Waals surface area (Å²) in [5.41, 5.74) is 0.243. The van der Waals surface area contributed by atoms with Gasteiger partial charge in [0.15, 0.2) is 0 Å². The van der Waals surface area contributed by atoms with Gasteiger partial charge in [0.25, 0.3) is 0 Å². The summed E-state index contributed by atoms with van der Waals surface area (Å²) in [7, 11) is 0. The summed E-state index contributed by atoms with van der Waals surface area (Å²) in [5, 5.41) is 2.61. The molecule has 10 heteroatoms. The third-order valence-electron chi connectivity index (χ3n) is 4.97. The molecule has 1 aromatic carbocycles. The third kappa shape index (κ3) is 5.77. The second-order valence-corrected chi connectivity index (χ2v) is 8.64. The molecule has 1 atom stereocenters. The Morgan fingerprint density at radius 2 is 1.90 bits per heavy atom. The fraction of sp³-hybridized carbons (Fsp3) is 0.571. The topological polar surface area (TPSA) is 91.4 Å². The van der Waals surface area contributed by atoms with Crippen molar-refractivity contribution in [3.63, 3.8) is 0 Å². The van der Waals surface area contributed by atoms with Gasteiger partial charge in [-0.3, -0.25) is 9.69 Å². The minimum Gasteiger partial charge on any atom is -0.444 e. The molecule has 9 nitrogen and oxygen atoms in total. The van der Waals surface area contributed by atoms with E-state index in [0.717, 1.165) is 0 Å². The fourth-order valence-corrected chi connectivity index (χ4v) is 3.47. The van der Waals surface area contributed by atoms with Crippen LogP contribution in [0, 0.1) is 5.82 Å². The van der Waals surface area contributed by atoms with E-state index in [1.807, 2.05) is 25.7 Å². The van der Waals surface area contributed by atoms with Gasteiger partial charge in [0, 0.05) is 33.1 Å². The Balaban J connectivity index is 1.60. The minimum absolute atomic E-state index is 0.208. The van der Waals surface area contributed by atoms with E-state index in [0.29, 0.717) is 37.6 Å². The van der Waals surface area contributed by atoms with Crippen molar-refractivity contribution < 1.29 is 28.2 Å². The lowest BCUT2D eigenvalue weighted by molar-refractivity contribution is -0.119. The number of nitrogens with one attached hydrogen (secondary N) is 1. The van der Waals surface area contributed by atoms with Gasteiger partial charge in [0.1, 0.15) is 17.5 Å². The second kappa shape index (κ2) is 8.99. The van der Waals surface area contributed by atoms with Gasteiger partial charge < -0.3 is 24.6 Å². The third-order valence-corrected chi connectivity index (χ3v) is 4.97. The number of anilines is 2. The van der Waals surface area contributed by atoms with E-state index in [1.54, 1.807) is 17.0 Å². The van der Waals surface area contributed by atoms with Crippen LogP contribution in [0.15, 0.2) is 18.2 Å². The molecular weight excluding hydrogens is 407 g/mol. The zero-order valence-corrected chi connectivity index (χ0v) is 18.3. The zero-order chi connectivity index (χ0) is 22.8. The van der Waals surface area contributed by atoms with Crippen LogP contribution < -0.4 is 15.1 Å². The van der Waals surface area contributed by atoms with Crippen LogP contribution in [-0.2, 0) is 14.3 Å². The molecule has 170 valence electrons. The second-order valence-electron chi connectivity index (χ2n) is 8.64. The molecule has 2 aliphatic rings. The Kier molecular flexibility index (Phi) is 6.56. The lowest BCUT2D eigenvalue weighted by Gasteiger charge is -2.37. The molecular formula is C21H29FN4O5. The smallest absolute Gasteiger partial charge is 0.414 e. The molecule has 31 heavy (non-hydrogen) atoms. The van der Waals surface area contributed by atoms with Crippen LogP contribution in [0.3, 0.4) is 0 Å². The van der Waals surface area contributed by atoms with Gasteiger partial charge in [-0.05, 0) is 39.0 Å². The maximum atomic E-state index is 14.9. The van der Waals surface area contributed by atoms with Gasteiger partial charge in [-0.1, -0.05) is 0 Å². The number of hydrogen-bond donors (Lipinski definition) is 1. The predicted octanol–water partition coefficient (Wildman–Crippen LogP) is 2.34. The van der Waals surface area contributed by atoms with Crippen molar-refractivity contribution in [2.24, 2.45) is 0 Å². The maximum Gasteiger partial charge on any atom is 0.414 e. The van der Waals surface area contributed by atoms with Gasteiger partial charge in [0.2, 0.25) is 5.91 Å². The highest BCUT2D eigenvalue weighted by Gasteiger charge is 2.33. The first-order chi connectivity index (χ1) is 14.5. The summed E-state index contributed by atoms with van der Waals surface area (Å²) in [6.45, 7) is 9.07. The maximum absolute atomic E-state index is 14.9. The first-order valence-electron chi connectivity index (χ1n) is 10.3. The van der Waals surface area contributed by atoms with Crippen LogP contribution in [0.2, 0.25) is 0 Å². The Morgan fingerprint density at radius 3 is 2.48 bits per heavy atom. The minimum atomic E-state index is -0.575. The molecule has 0 aliphatic carbocycles. The van der Waals surface area contributed by atoms with Crippen molar-refractivity contribution in [2.45, 2.75) is 39.4 Å². The fourth-order valence-electron chi connectivity index (χ4n) is 3.47. The van der Waals surface area contributed by atoms with Crippen LogP contribution in [0.1, 0.15) is 27.7 Å². The SMILES string of the molecule is CC(=O)NCC1CN(c2ccc(N3CCN(C(=O)OC(C)(C)C)CC3)c(F)c2)C(=O)O1. The summed E-state index contributed by atoms with van der Waals surface area (Å²) < 4.78 is 25.5. The molecule has 2 heterocycles. The number of cyclic esters (lactones) is 1. The molecule has 0 aromatic heterocycles. The first-order valence-corrected chi connectivity index (χ1v) is 10.3. The van der Waals surface area contributed by atoms with Gasteiger partial charge in [-0.2, -0.15) is 0 Å². The highest BCUT2D eigenvalue weighted by atomic mass is 19.1. The van der Waals surface area contributed by atoms with Crippen LogP contribution in [-0.4, -0.2) is 74.0 Å². The number of amides is 3. The van der Waals surface area contributed by atoms with Crippen molar-refractivity contribution in [3.05, 3.63) is 24.0 Å². The van der Waals surface area contributed by atoms with Crippen LogP contribution >= 0.6 is 0 Å². The van der Waals surface area contributed by atoms with E-state index in [2.05, 4.69) is 5.32 Å². The number of carbonyl (C=O) groups excluding carboxylic acids is 3. The van der Waals surface area contributed by atoms with E-state index >= 15 is 0 Å². The zero-order valence-electron chi connectivity index (χ0n) is 18.3. The molecule has 1 unspecified atom stereocenters. The predicted molar refractivity (Wildman–Crippen MR) is 113 cm³/mol. The molecule has 0 bridgehead atoms. The van der Waals surface area contributed by atoms with Gasteiger partial charge in [0.05, 0.1) is 24.5 Å². The monoisotopic (exact) mass is 436 g/mol. The molecule has 1 N–H and O–H groups in total. The molecule has 0 radical (unpaired) electrons. The number of nitrogens with zero attached hydrogens (tertiary/aromatic N) is 3. The van der Waals surface area contributed by atoms with Gasteiger partial charge >= 0.3 is 12.2 Å². The van der Waals surface area contributed by atoms with Crippen molar-refractivity contribution in [3.8, 4) is 0 Å². The van der Waals surface area contributed by atoms with Crippen molar-refractivity contribution >= 4 is 29.5 Å². The number of benzene rings is 1. The normalized spacial score (nSPS) is 19.3. The van der Waals surface area contributed by atoms with E-state index < -0.39 is 23.6 Å². The largest absolute Gasteiger partial charge is 0.444 e. The average molecular weight is 436 g/mol. The van der Waals surface area contributed by atoms with E-state index in [9.17, 15) is 18.8 Å². The molecule has 3 amide bonds. The summed E-state index contributed by atoms with van der Waals surface area (Å²) in [5.74, 6) is -0.669. The summed E-state index contributed by atoms with van der Waals surface area (Å²) >= 11 is 0. The highest BCUT2D eigenvalue weighted by Crippen LogP contribution is 2.28. The standard InChI is InChI=1S/C21H29FN4O5/c1-14(27)23-12-16-13-26(20(29)30-16)15-5-6-18(17(22)11-15)24-7-9-25(10-8-24)19(28)31-21(2,3)4/h5-6,11,16H,7-10,12-13H2,1-4H3,(H,23,27). The van der Waals surface area contributed by atoms with Crippen molar-refractivity contribution in [2.75, 3.05) is 49.1 Å². The summed E-state index contributed by atoms with van der Waals surface area (Å²) in [6.07, 6.45) is -1.43. The molecule has 1 aromatic rings. The summed E-state index contributed by atoms with van der Waals surface area (Å²) in [4.78, 5) is 40.2. The Morgan fingerprint density at radius 1 is 1.23 bits per heavy atom. The number of ether oxygens (including phenoxy) is 2. The number of carbonyl (C=O) groups is 3. The van der Waals surface area contributed by atoms with Crippen LogP contribution in [0.4, 0.5) is 25.4 Å². The Hall–Kier alpha value is -3.04. The van der Waals surface area contributed by atoms with E-state index in [1.165, 1.54) is 17.9 Å². The van der Waals surface area contributed by atoms with Crippen LogP contribution in [0.25, 0.3) is 0 Å². The first kappa shape index (κ1) is 22.6. The molecule has 3 rings (SSSR count). The van der Waals surface area contributed by atoms with Gasteiger partial charge in [-0.15, -0.1) is 0 Å². The lowest BCUT2D eigenvalue weighted by Crippen LogP contribution is -2.50. The quantitative estimate of drug-likeness (QED) is 0.779. The molecule has 0 saturated carbocycles. The highest BCUT2D eigenvalue weighted by molar-refractivity contribution is 5.90. The Bertz CT molecular complexity index is 849. The van der Waals surface area contributed by atoms with Crippen molar-refractivity contribution in [1.82, 2.24) is 10.2 Å².